The van der Waals surface area contributed by atoms with Gasteiger partial charge in [0, 0.05) is 35.6 Å². The molecule has 3 rings (SSSR count). The van der Waals surface area contributed by atoms with Gasteiger partial charge in [0.1, 0.15) is 11.3 Å². The molecule has 0 spiro atoms. The van der Waals surface area contributed by atoms with Crippen LogP contribution in [0.15, 0.2) is 0 Å². The van der Waals surface area contributed by atoms with E-state index in [1.807, 2.05) is 23.4 Å². The maximum Gasteiger partial charge on any atom is 0.158 e. The number of aromatic nitrogens is 4. The van der Waals surface area contributed by atoms with Crippen molar-refractivity contribution in [3.63, 3.8) is 0 Å². The van der Waals surface area contributed by atoms with E-state index < -0.39 is 0 Å². The first kappa shape index (κ1) is 14.6. The van der Waals surface area contributed by atoms with E-state index in [-0.39, 0.29) is 0 Å². The highest BCUT2D eigenvalue weighted by Gasteiger charge is 2.22. The first-order chi connectivity index (χ1) is 9.74. The van der Waals surface area contributed by atoms with Gasteiger partial charge < -0.3 is 4.57 Å². The van der Waals surface area contributed by atoms with E-state index in [4.69, 9.17) is 16.6 Å². The molecule has 1 aliphatic heterocycles. The Morgan fingerprint density at radius 1 is 1.40 bits per heavy atom. The third-order valence-electron chi connectivity index (χ3n) is 3.57. The zero-order chi connectivity index (χ0) is 14.1. The number of fused-ring (bicyclic) bond motifs is 1. The van der Waals surface area contributed by atoms with Gasteiger partial charge in [0.2, 0.25) is 0 Å². The summed E-state index contributed by atoms with van der Waals surface area (Å²) in [5.74, 6) is 5.17. The minimum absolute atomic E-state index is 0.461. The van der Waals surface area contributed by atoms with Gasteiger partial charge in [-0.3, -0.25) is 0 Å². The highest BCUT2D eigenvalue weighted by atomic mass is 35.5. The van der Waals surface area contributed by atoms with Crippen LogP contribution in [0.4, 0.5) is 0 Å². The Morgan fingerprint density at radius 3 is 2.90 bits per heavy atom. The van der Waals surface area contributed by atoms with Gasteiger partial charge in [0.25, 0.3) is 0 Å². The van der Waals surface area contributed by atoms with Crippen molar-refractivity contribution < 1.29 is 0 Å². The number of aryl methyl sites for hydroxylation is 2. The number of thioether (sulfide) groups is 2. The van der Waals surface area contributed by atoms with Gasteiger partial charge in [-0.15, -0.1) is 11.6 Å². The van der Waals surface area contributed by atoms with Crippen molar-refractivity contribution >= 4 is 46.3 Å². The molecule has 110 valence electrons. The third kappa shape index (κ3) is 2.57. The van der Waals surface area contributed by atoms with Crippen molar-refractivity contribution in [1.82, 2.24) is 19.3 Å². The van der Waals surface area contributed by atoms with Crippen LogP contribution in [0.5, 0.6) is 0 Å². The molecular formula is C13H19ClN4S2. The van der Waals surface area contributed by atoms with E-state index in [2.05, 4.69) is 28.4 Å². The molecule has 0 aromatic carbocycles. The summed E-state index contributed by atoms with van der Waals surface area (Å²) in [6.45, 7) is 6.00. The molecule has 2 aromatic rings. The quantitative estimate of drug-likeness (QED) is 0.807. The number of halogens is 1. The Labute approximate surface area is 132 Å². The van der Waals surface area contributed by atoms with E-state index in [1.54, 1.807) is 0 Å². The van der Waals surface area contributed by atoms with Crippen LogP contribution in [-0.2, 0) is 19.0 Å². The number of rotatable bonds is 4. The van der Waals surface area contributed by atoms with Gasteiger partial charge in [-0.05, 0) is 13.8 Å². The molecule has 1 saturated heterocycles. The lowest BCUT2D eigenvalue weighted by molar-refractivity contribution is 0.616. The van der Waals surface area contributed by atoms with Crippen molar-refractivity contribution in [2.45, 2.75) is 38.1 Å². The van der Waals surface area contributed by atoms with Gasteiger partial charge in [0.15, 0.2) is 5.65 Å². The van der Waals surface area contributed by atoms with E-state index in [0.717, 1.165) is 35.8 Å². The second-order valence-electron chi connectivity index (χ2n) is 4.91. The molecule has 0 N–H and O–H groups in total. The number of hydrogen-bond donors (Lipinski definition) is 0. The molecule has 2 aromatic heterocycles. The van der Waals surface area contributed by atoms with Crippen molar-refractivity contribution in [2.24, 2.45) is 0 Å². The highest BCUT2D eigenvalue weighted by Crippen LogP contribution is 2.28. The summed E-state index contributed by atoms with van der Waals surface area (Å²) in [6, 6.07) is 0. The average molecular weight is 331 g/mol. The van der Waals surface area contributed by atoms with Gasteiger partial charge in [-0.1, -0.05) is 0 Å². The first-order valence-electron chi connectivity index (χ1n) is 6.92. The van der Waals surface area contributed by atoms with Crippen molar-refractivity contribution in [1.29, 1.82) is 0 Å². The molecule has 1 fully saturated rings. The third-order valence-corrected chi connectivity index (χ3v) is 6.63. The molecule has 0 radical (unpaired) electrons. The minimum atomic E-state index is 0.461. The normalized spacial score (nSPS) is 19.9. The van der Waals surface area contributed by atoms with Crippen LogP contribution in [-0.4, -0.2) is 41.8 Å². The van der Waals surface area contributed by atoms with Gasteiger partial charge in [0.05, 0.1) is 11.6 Å². The van der Waals surface area contributed by atoms with Crippen LogP contribution < -0.4 is 0 Å². The van der Waals surface area contributed by atoms with Gasteiger partial charge in [-0.2, -0.15) is 28.6 Å². The van der Waals surface area contributed by atoms with Crippen LogP contribution in [0.2, 0.25) is 0 Å². The molecular weight excluding hydrogens is 312 g/mol. The number of alkyl halides is 1. The SMILES string of the molecule is CCn1nc(C)c2nc(CCl)n(CC3CSCCS3)c21. The monoisotopic (exact) mass is 330 g/mol. The van der Waals surface area contributed by atoms with E-state index in [9.17, 15) is 0 Å². The molecule has 1 aliphatic rings. The summed E-state index contributed by atoms with van der Waals surface area (Å²) >= 11 is 10.2. The van der Waals surface area contributed by atoms with Crippen LogP contribution in [0.25, 0.3) is 11.2 Å². The van der Waals surface area contributed by atoms with Crippen LogP contribution >= 0.6 is 35.1 Å². The Hall–Kier alpha value is -0.330. The van der Waals surface area contributed by atoms with Crippen molar-refractivity contribution in [2.75, 3.05) is 17.3 Å². The first-order valence-corrected chi connectivity index (χ1v) is 9.66. The lowest BCUT2D eigenvalue weighted by atomic mass is 10.4. The zero-order valence-corrected chi connectivity index (χ0v) is 14.2. The highest BCUT2D eigenvalue weighted by molar-refractivity contribution is 8.06. The Morgan fingerprint density at radius 2 is 2.25 bits per heavy atom. The molecule has 4 nitrogen and oxygen atoms in total. The smallest absolute Gasteiger partial charge is 0.158 e. The van der Waals surface area contributed by atoms with Crippen LogP contribution in [0, 0.1) is 6.92 Å². The Kier molecular flexibility index (Phi) is 4.52. The summed E-state index contributed by atoms with van der Waals surface area (Å²) in [5, 5.41) is 5.22. The molecule has 0 saturated carbocycles. The second-order valence-corrected chi connectivity index (χ2v) is 7.74. The fourth-order valence-electron chi connectivity index (χ4n) is 2.63. The zero-order valence-electron chi connectivity index (χ0n) is 11.8. The predicted octanol–water partition coefficient (Wildman–Crippen LogP) is 3.15. The topological polar surface area (TPSA) is 35.6 Å². The molecule has 7 heteroatoms. The minimum Gasteiger partial charge on any atom is -0.311 e. The number of hydrogen-bond acceptors (Lipinski definition) is 4. The summed E-state index contributed by atoms with van der Waals surface area (Å²) in [6.07, 6.45) is 0. The molecule has 3 heterocycles. The van der Waals surface area contributed by atoms with E-state index >= 15 is 0 Å². The summed E-state index contributed by atoms with van der Waals surface area (Å²) in [5.41, 5.74) is 3.14. The standard InChI is InChI=1S/C13H19ClN4S2/c1-3-18-13-12(9(2)16-18)15-11(6-14)17(13)7-10-8-19-4-5-20-10/h10H,3-8H2,1-2H3. The molecule has 0 amide bonds. The predicted molar refractivity (Wildman–Crippen MR) is 89.1 cm³/mol. The molecule has 0 aliphatic carbocycles. The Bertz CT molecular complexity index is 601. The van der Waals surface area contributed by atoms with E-state index in [0.29, 0.717) is 11.1 Å². The largest absolute Gasteiger partial charge is 0.311 e. The fourth-order valence-corrected chi connectivity index (χ4v) is 5.49. The van der Waals surface area contributed by atoms with E-state index in [1.165, 1.54) is 17.3 Å². The lowest BCUT2D eigenvalue weighted by Crippen LogP contribution is -2.22. The molecule has 1 unspecified atom stereocenters. The van der Waals surface area contributed by atoms with Crippen LogP contribution in [0.3, 0.4) is 0 Å². The average Bonchev–Trinajstić information content (AvgIpc) is 2.99. The fraction of sp³-hybridized carbons (Fsp3) is 0.692. The second kappa shape index (κ2) is 6.20. The van der Waals surface area contributed by atoms with Gasteiger partial charge in [-0.25, -0.2) is 9.67 Å². The Balaban J connectivity index is 2.02. The number of imidazole rings is 1. The summed E-state index contributed by atoms with van der Waals surface area (Å²) in [4.78, 5) is 4.70. The van der Waals surface area contributed by atoms with Crippen molar-refractivity contribution in [3.05, 3.63) is 11.5 Å². The maximum absolute atomic E-state index is 6.10. The molecule has 20 heavy (non-hydrogen) atoms. The number of nitrogens with zero attached hydrogens (tertiary/aromatic N) is 4. The van der Waals surface area contributed by atoms with Gasteiger partial charge >= 0.3 is 0 Å². The maximum atomic E-state index is 6.10. The molecule has 1 atom stereocenters. The van der Waals surface area contributed by atoms with Crippen LogP contribution in [0.1, 0.15) is 18.4 Å². The summed E-state index contributed by atoms with van der Waals surface area (Å²) < 4.78 is 4.34. The summed E-state index contributed by atoms with van der Waals surface area (Å²) in [7, 11) is 0. The lowest BCUT2D eigenvalue weighted by Gasteiger charge is -2.22. The van der Waals surface area contributed by atoms with Crippen molar-refractivity contribution in [3.8, 4) is 0 Å². The molecule has 0 bridgehead atoms.